The second-order valence-electron chi connectivity index (χ2n) is 2.78. The van der Waals surface area contributed by atoms with Crippen LogP contribution in [0.25, 0.3) is 10.4 Å². The SMILES string of the molecule is COc1cc(N=[N+]=[N-])c(C(N)=O)cc1OC. The highest BCUT2D eigenvalue weighted by Crippen LogP contribution is 2.34. The summed E-state index contributed by atoms with van der Waals surface area (Å²) < 4.78 is 9.99. The van der Waals surface area contributed by atoms with Crippen LogP contribution in [0.5, 0.6) is 11.5 Å². The molecule has 0 spiro atoms. The number of ether oxygens (including phenoxy) is 2. The smallest absolute Gasteiger partial charge is 0.249 e. The van der Waals surface area contributed by atoms with Crippen LogP contribution in [0, 0.1) is 0 Å². The van der Waals surface area contributed by atoms with E-state index >= 15 is 0 Å². The lowest BCUT2D eigenvalue weighted by atomic mass is 10.1. The number of nitrogens with zero attached hydrogens (tertiary/aromatic N) is 3. The van der Waals surface area contributed by atoms with Crippen molar-refractivity contribution < 1.29 is 14.3 Å². The third-order valence-corrected chi connectivity index (χ3v) is 1.92. The van der Waals surface area contributed by atoms with Crippen molar-refractivity contribution in [3.8, 4) is 11.5 Å². The van der Waals surface area contributed by atoms with Gasteiger partial charge in [-0.15, -0.1) is 0 Å². The van der Waals surface area contributed by atoms with Gasteiger partial charge in [-0.05, 0) is 17.7 Å². The molecule has 0 saturated carbocycles. The van der Waals surface area contributed by atoms with E-state index in [2.05, 4.69) is 10.0 Å². The highest BCUT2D eigenvalue weighted by atomic mass is 16.5. The standard InChI is InChI=1S/C9H10N4O3/c1-15-7-3-5(9(10)14)6(12-13-11)4-8(7)16-2/h3-4H,1-2H3,(H2,10,14). The molecule has 0 heterocycles. The van der Waals surface area contributed by atoms with Crippen molar-refractivity contribution in [2.24, 2.45) is 10.8 Å². The van der Waals surface area contributed by atoms with Gasteiger partial charge in [0.15, 0.2) is 11.5 Å². The van der Waals surface area contributed by atoms with Gasteiger partial charge in [-0.25, -0.2) is 0 Å². The van der Waals surface area contributed by atoms with E-state index in [1.165, 1.54) is 26.4 Å². The Labute approximate surface area is 91.4 Å². The predicted octanol–water partition coefficient (Wildman–Crippen LogP) is 1.74. The molecule has 2 N–H and O–H groups in total. The molecule has 0 aliphatic carbocycles. The molecule has 0 aliphatic rings. The van der Waals surface area contributed by atoms with Crippen LogP contribution in [0.3, 0.4) is 0 Å². The normalized spacial score (nSPS) is 9.12. The summed E-state index contributed by atoms with van der Waals surface area (Å²) >= 11 is 0. The maximum Gasteiger partial charge on any atom is 0.249 e. The first-order valence-corrected chi connectivity index (χ1v) is 4.25. The van der Waals surface area contributed by atoms with Crippen molar-refractivity contribution in [3.63, 3.8) is 0 Å². The number of nitrogens with two attached hydrogens (primary N) is 1. The van der Waals surface area contributed by atoms with Gasteiger partial charge in [-0.3, -0.25) is 4.79 Å². The molecule has 84 valence electrons. The fourth-order valence-corrected chi connectivity index (χ4v) is 1.20. The Morgan fingerprint density at radius 2 is 1.94 bits per heavy atom. The molecule has 0 saturated heterocycles. The molecule has 1 aromatic carbocycles. The molecule has 16 heavy (non-hydrogen) atoms. The minimum atomic E-state index is -0.705. The molecular weight excluding hydrogens is 212 g/mol. The average molecular weight is 222 g/mol. The van der Waals surface area contributed by atoms with Gasteiger partial charge in [0.2, 0.25) is 5.91 Å². The van der Waals surface area contributed by atoms with Gasteiger partial charge in [0.1, 0.15) is 0 Å². The van der Waals surface area contributed by atoms with Crippen molar-refractivity contribution >= 4 is 11.6 Å². The number of methoxy groups -OCH3 is 2. The highest BCUT2D eigenvalue weighted by molar-refractivity contribution is 5.98. The molecular formula is C9H10N4O3. The van der Waals surface area contributed by atoms with Crippen LogP contribution >= 0.6 is 0 Å². The van der Waals surface area contributed by atoms with Gasteiger partial charge in [-0.1, -0.05) is 5.11 Å². The van der Waals surface area contributed by atoms with E-state index in [1.54, 1.807) is 0 Å². The predicted molar refractivity (Wildman–Crippen MR) is 56.9 cm³/mol. The number of carbonyl (C=O) groups excluding carboxylic acids is 1. The van der Waals surface area contributed by atoms with E-state index in [9.17, 15) is 4.79 Å². The molecule has 1 amide bonds. The number of primary amides is 1. The molecule has 0 atom stereocenters. The number of azide groups is 1. The monoisotopic (exact) mass is 222 g/mol. The fraction of sp³-hybridized carbons (Fsp3) is 0.222. The van der Waals surface area contributed by atoms with Gasteiger partial charge in [0.05, 0.1) is 25.5 Å². The maximum absolute atomic E-state index is 11.1. The molecule has 0 aromatic heterocycles. The zero-order valence-electron chi connectivity index (χ0n) is 8.80. The Kier molecular flexibility index (Phi) is 3.58. The number of hydrogen-bond donors (Lipinski definition) is 1. The number of carbonyl (C=O) groups is 1. The van der Waals surface area contributed by atoms with Crippen LogP contribution in [0.4, 0.5) is 5.69 Å². The van der Waals surface area contributed by atoms with Gasteiger partial charge in [-0.2, -0.15) is 0 Å². The van der Waals surface area contributed by atoms with E-state index in [4.69, 9.17) is 20.7 Å². The van der Waals surface area contributed by atoms with Crippen LogP contribution in [0.2, 0.25) is 0 Å². The molecule has 0 aliphatic heterocycles. The lowest BCUT2D eigenvalue weighted by Gasteiger charge is -2.10. The Bertz CT molecular complexity index is 437. The molecule has 1 aromatic rings. The maximum atomic E-state index is 11.1. The number of hydrogen-bond acceptors (Lipinski definition) is 4. The first-order valence-electron chi connectivity index (χ1n) is 4.25. The Morgan fingerprint density at radius 1 is 1.38 bits per heavy atom. The summed E-state index contributed by atoms with van der Waals surface area (Å²) in [5.41, 5.74) is 13.7. The summed E-state index contributed by atoms with van der Waals surface area (Å²) in [5.74, 6) is -0.00792. The van der Waals surface area contributed by atoms with Crippen molar-refractivity contribution in [3.05, 3.63) is 28.1 Å². The quantitative estimate of drug-likeness (QED) is 0.475. The third kappa shape index (κ3) is 2.15. The summed E-state index contributed by atoms with van der Waals surface area (Å²) in [6.45, 7) is 0. The second-order valence-corrected chi connectivity index (χ2v) is 2.78. The van der Waals surface area contributed by atoms with E-state index in [-0.39, 0.29) is 11.3 Å². The first-order chi connectivity index (χ1) is 7.63. The largest absolute Gasteiger partial charge is 0.493 e. The number of amides is 1. The summed E-state index contributed by atoms with van der Waals surface area (Å²) in [4.78, 5) is 13.7. The second kappa shape index (κ2) is 4.90. The lowest BCUT2D eigenvalue weighted by Crippen LogP contribution is -2.11. The Balaban J connectivity index is 3.46. The van der Waals surface area contributed by atoms with Crippen LogP contribution < -0.4 is 15.2 Å². The Hall–Kier alpha value is -2.40. The van der Waals surface area contributed by atoms with E-state index < -0.39 is 5.91 Å². The van der Waals surface area contributed by atoms with Gasteiger partial charge in [0.25, 0.3) is 0 Å². The highest BCUT2D eigenvalue weighted by Gasteiger charge is 2.13. The van der Waals surface area contributed by atoms with Crippen LogP contribution in [0.15, 0.2) is 17.2 Å². The van der Waals surface area contributed by atoms with Gasteiger partial charge < -0.3 is 15.2 Å². The third-order valence-electron chi connectivity index (χ3n) is 1.92. The van der Waals surface area contributed by atoms with Crippen LogP contribution in [-0.4, -0.2) is 20.1 Å². The molecule has 0 bridgehead atoms. The molecule has 0 radical (unpaired) electrons. The van der Waals surface area contributed by atoms with Crippen molar-refractivity contribution in [2.45, 2.75) is 0 Å². The summed E-state index contributed by atoms with van der Waals surface area (Å²) in [7, 11) is 2.86. The zero-order valence-corrected chi connectivity index (χ0v) is 8.80. The van der Waals surface area contributed by atoms with E-state index in [0.717, 1.165) is 0 Å². The topological polar surface area (TPSA) is 110 Å². The molecule has 7 heteroatoms. The minimum absolute atomic E-state index is 0.0791. The van der Waals surface area contributed by atoms with Gasteiger partial charge in [0, 0.05) is 4.91 Å². The van der Waals surface area contributed by atoms with Crippen molar-refractivity contribution in [1.82, 2.24) is 0 Å². The minimum Gasteiger partial charge on any atom is -0.493 e. The average Bonchev–Trinajstić information content (AvgIpc) is 2.28. The zero-order chi connectivity index (χ0) is 12.1. The van der Waals surface area contributed by atoms with Crippen molar-refractivity contribution in [1.29, 1.82) is 0 Å². The fourth-order valence-electron chi connectivity index (χ4n) is 1.20. The molecule has 1 rings (SSSR count). The molecule has 7 nitrogen and oxygen atoms in total. The lowest BCUT2D eigenvalue weighted by molar-refractivity contribution is 0.100. The Morgan fingerprint density at radius 3 is 2.38 bits per heavy atom. The van der Waals surface area contributed by atoms with Crippen molar-refractivity contribution in [2.75, 3.05) is 14.2 Å². The summed E-state index contributed by atoms with van der Waals surface area (Å²) in [6.07, 6.45) is 0. The number of benzene rings is 1. The molecule has 0 unspecified atom stereocenters. The van der Waals surface area contributed by atoms with Crippen LogP contribution in [-0.2, 0) is 0 Å². The summed E-state index contributed by atoms with van der Waals surface area (Å²) in [5, 5.41) is 3.36. The molecule has 0 fully saturated rings. The van der Waals surface area contributed by atoms with E-state index in [0.29, 0.717) is 11.5 Å². The first kappa shape index (κ1) is 11.7. The van der Waals surface area contributed by atoms with Crippen LogP contribution in [0.1, 0.15) is 10.4 Å². The summed E-state index contributed by atoms with van der Waals surface area (Å²) in [6, 6.07) is 2.75. The van der Waals surface area contributed by atoms with Gasteiger partial charge >= 0.3 is 0 Å². The number of rotatable bonds is 4. The van der Waals surface area contributed by atoms with E-state index in [1.807, 2.05) is 0 Å².